The standard InChI is InChI=1S/C16H18ClNO2/c1-18-10-13-9-14(17)6-7-16(13)20-11-12-4-3-5-15(8-12)19-2/h3-9,18H,10-11H2,1-2H3. The number of hydrogen-bond donors (Lipinski definition) is 1. The molecular formula is C16H18ClNO2. The molecule has 0 aromatic heterocycles. The van der Waals surface area contributed by atoms with Gasteiger partial charge in [-0.15, -0.1) is 0 Å². The van der Waals surface area contributed by atoms with Crippen molar-refractivity contribution in [2.45, 2.75) is 13.2 Å². The van der Waals surface area contributed by atoms with Crippen LogP contribution in [0.2, 0.25) is 5.02 Å². The average Bonchev–Trinajstić information content (AvgIpc) is 2.47. The first-order valence-corrected chi connectivity index (χ1v) is 6.79. The van der Waals surface area contributed by atoms with Gasteiger partial charge in [0.2, 0.25) is 0 Å². The Morgan fingerprint density at radius 2 is 2.00 bits per heavy atom. The average molecular weight is 292 g/mol. The van der Waals surface area contributed by atoms with Crippen LogP contribution in [0.5, 0.6) is 11.5 Å². The molecule has 0 spiro atoms. The first-order valence-electron chi connectivity index (χ1n) is 6.41. The molecule has 0 unspecified atom stereocenters. The Hall–Kier alpha value is -1.71. The summed E-state index contributed by atoms with van der Waals surface area (Å²) in [4.78, 5) is 0. The van der Waals surface area contributed by atoms with E-state index in [-0.39, 0.29) is 0 Å². The second-order valence-electron chi connectivity index (χ2n) is 4.42. The molecule has 0 amide bonds. The summed E-state index contributed by atoms with van der Waals surface area (Å²) >= 11 is 6.01. The Labute approximate surface area is 124 Å². The molecule has 0 aliphatic rings. The van der Waals surface area contributed by atoms with E-state index in [0.29, 0.717) is 18.2 Å². The molecule has 0 saturated carbocycles. The number of rotatable bonds is 6. The van der Waals surface area contributed by atoms with E-state index < -0.39 is 0 Å². The van der Waals surface area contributed by atoms with Gasteiger partial charge in [-0.1, -0.05) is 23.7 Å². The van der Waals surface area contributed by atoms with Crippen LogP contribution in [0.25, 0.3) is 0 Å². The molecule has 0 radical (unpaired) electrons. The number of hydrogen-bond acceptors (Lipinski definition) is 3. The fourth-order valence-electron chi connectivity index (χ4n) is 1.94. The minimum absolute atomic E-state index is 0.496. The molecule has 1 N–H and O–H groups in total. The van der Waals surface area contributed by atoms with E-state index in [4.69, 9.17) is 21.1 Å². The van der Waals surface area contributed by atoms with Gasteiger partial charge in [-0.3, -0.25) is 0 Å². The molecule has 2 rings (SSSR count). The number of methoxy groups -OCH3 is 1. The van der Waals surface area contributed by atoms with Gasteiger partial charge in [0.05, 0.1) is 7.11 Å². The SMILES string of the molecule is CNCc1cc(Cl)ccc1OCc1cccc(OC)c1. The summed E-state index contributed by atoms with van der Waals surface area (Å²) in [5.41, 5.74) is 2.11. The van der Waals surface area contributed by atoms with E-state index in [1.165, 1.54) is 0 Å². The van der Waals surface area contributed by atoms with E-state index in [1.807, 2.05) is 49.5 Å². The molecule has 106 valence electrons. The highest BCUT2D eigenvalue weighted by molar-refractivity contribution is 6.30. The van der Waals surface area contributed by atoms with Crippen LogP contribution in [0.1, 0.15) is 11.1 Å². The van der Waals surface area contributed by atoms with Crippen LogP contribution in [0.4, 0.5) is 0 Å². The van der Waals surface area contributed by atoms with Crippen molar-refractivity contribution in [3.8, 4) is 11.5 Å². The van der Waals surface area contributed by atoms with Crippen LogP contribution in [-0.2, 0) is 13.2 Å². The maximum Gasteiger partial charge on any atom is 0.124 e. The van der Waals surface area contributed by atoms with E-state index in [9.17, 15) is 0 Å². The maximum absolute atomic E-state index is 6.01. The minimum atomic E-state index is 0.496. The van der Waals surface area contributed by atoms with Crippen molar-refractivity contribution in [3.05, 3.63) is 58.6 Å². The van der Waals surface area contributed by atoms with E-state index in [2.05, 4.69) is 5.32 Å². The van der Waals surface area contributed by atoms with E-state index in [1.54, 1.807) is 7.11 Å². The molecule has 0 fully saturated rings. The number of benzene rings is 2. The molecule has 0 heterocycles. The smallest absolute Gasteiger partial charge is 0.124 e. The number of nitrogens with one attached hydrogen (secondary N) is 1. The topological polar surface area (TPSA) is 30.5 Å². The predicted molar refractivity (Wildman–Crippen MR) is 81.5 cm³/mol. The Morgan fingerprint density at radius 1 is 1.15 bits per heavy atom. The fraction of sp³-hybridized carbons (Fsp3) is 0.250. The van der Waals surface area contributed by atoms with Crippen molar-refractivity contribution < 1.29 is 9.47 Å². The highest BCUT2D eigenvalue weighted by atomic mass is 35.5. The number of halogens is 1. The van der Waals surface area contributed by atoms with Crippen molar-refractivity contribution in [1.29, 1.82) is 0 Å². The summed E-state index contributed by atoms with van der Waals surface area (Å²) in [6.07, 6.45) is 0. The third kappa shape index (κ3) is 3.89. The van der Waals surface area contributed by atoms with Gasteiger partial charge in [-0.05, 0) is 42.9 Å². The molecular weight excluding hydrogens is 274 g/mol. The molecule has 0 aliphatic carbocycles. The lowest BCUT2D eigenvalue weighted by atomic mass is 10.2. The van der Waals surface area contributed by atoms with Crippen LogP contribution in [0.15, 0.2) is 42.5 Å². The first kappa shape index (κ1) is 14.7. The molecule has 0 aliphatic heterocycles. The maximum atomic E-state index is 6.01. The normalized spacial score (nSPS) is 10.3. The summed E-state index contributed by atoms with van der Waals surface area (Å²) in [7, 11) is 3.55. The van der Waals surface area contributed by atoms with Crippen molar-refractivity contribution in [3.63, 3.8) is 0 Å². The van der Waals surface area contributed by atoms with Crippen molar-refractivity contribution in [2.75, 3.05) is 14.2 Å². The molecule has 20 heavy (non-hydrogen) atoms. The first-order chi connectivity index (χ1) is 9.72. The van der Waals surface area contributed by atoms with Crippen molar-refractivity contribution in [1.82, 2.24) is 5.32 Å². The Bertz CT molecular complexity index is 572. The Kier molecular flexibility index (Phi) is 5.27. The van der Waals surface area contributed by atoms with Crippen LogP contribution < -0.4 is 14.8 Å². The highest BCUT2D eigenvalue weighted by Crippen LogP contribution is 2.24. The van der Waals surface area contributed by atoms with Gasteiger partial charge in [0.1, 0.15) is 18.1 Å². The third-order valence-corrected chi connectivity index (χ3v) is 3.15. The number of ether oxygens (including phenoxy) is 2. The molecule has 0 atom stereocenters. The zero-order valence-electron chi connectivity index (χ0n) is 11.7. The Morgan fingerprint density at radius 3 is 2.75 bits per heavy atom. The molecule has 0 saturated heterocycles. The Balaban J connectivity index is 2.09. The van der Waals surface area contributed by atoms with Crippen LogP contribution >= 0.6 is 11.6 Å². The highest BCUT2D eigenvalue weighted by Gasteiger charge is 2.05. The molecule has 2 aromatic carbocycles. The fourth-order valence-corrected chi connectivity index (χ4v) is 2.14. The summed E-state index contributed by atoms with van der Waals surface area (Å²) in [5, 5.41) is 3.82. The van der Waals surface area contributed by atoms with Crippen LogP contribution in [0, 0.1) is 0 Å². The summed E-state index contributed by atoms with van der Waals surface area (Å²) in [5.74, 6) is 1.67. The monoisotopic (exact) mass is 291 g/mol. The molecule has 3 nitrogen and oxygen atoms in total. The summed E-state index contributed by atoms with van der Waals surface area (Å²) in [6.45, 7) is 1.21. The van der Waals surface area contributed by atoms with Gasteiger partial charge in [0.15, 0.2) is 0 Å². The zero-order valence-corrected chi connectivity index (χ0v) is 12.4. The van der Waals surface area contributed by atoms with Crippen LogP contribution in [0.3, 0.4) is 0 Å². The van der Waals surface area contributed by atoms with E-state index in [0.717, 1.165) is 22.6 Å². The van der Waals surface area contributed by atoms with Gasteiger partial charge in [0.25, 0.3) is 0 Å². The van der Waals surface area contributed by atoms with E-state index >= 15 is 0 Å². The summed E-state index contributed by atoms with van der Waals surface area (Å²) in [6, 6.07) is 13.5. The van der Waals surface area contributed by atoms with Crippen molar-refractivity contribution >= 4 is 11.6 Å². The third-order valence-electron chi connectivity index (χ3n) is 2.92. The quantitative estimate of drug-likeness (QED) is 0.881. The van der Waals surface area contributed by atoms with Gasteiger partial charge in [-0.2, -0.15) is 0 Å². The van der Waals surface area contributed by atoms with Crippen LogP contribution in [-0.4, -0.2) is 14.2 Å². The van der Waals surface area contributed by atoms with Gasteiger partial charge < -0.3 is 14.8 Å². The lowest BCUT2D eigenvalue weighted by molar-refractivity contribution is 0.301. The summed E-state index contributed by atoms with van der Waals surface area (Å²) < 4.78 is 11.1. The lowest BCUT2D eigenvalue weighted by Crippen LogP contribution is -2.07. The van der Waals surface area contributed by atoms with Gasteiger partial charge in [-0.25, -0.2) is 0 Å². The molecule has 4 heteroatoms. The zero-order chi connectivity index (χ0) is 14.4. The second-order valence-corrected chi connectivity index (χ2v) is 4.86. The second kappa shape index (κ2) is 7.17. The molecule has 2 aromatic rings. The lowest BCUT2D eigenvalue weighted by Gasteiger charge is -2.12. The largest absolute Gasteiger partial charge is 0.497 e. The predicted octanol–water partition coefficient (Wildman–Crippen LogP) is 3.65. The van der Waals surface area contributed by atoms with Crippen molar-refractivity contribution in [2.24, 2.45) is 0 Å². The van der Waals surface area contributed by atoms with Gasteiger partial charge in [0, 0.05) is 17.1 Å². The van der Waals surface area contributed by atoms with Gasteiger partial charge >= 0.3 is 0 Å². The minimum Gasteiger partial charge on any atom is -0.497 e. The molecule has 0 bridgehead atoms.